The molecule has 0 aliphatic heterocycles. The number of carbonyl (C=O) groups is 2. The van der Waals surface area contributed by atoms with Crippen molar-refractivity contribution in [2.75, 3.05) is 0 Å². The second-order valence-electron chi connectivity index (χ2n) is 6.51. The van der Waals surface area contributed by atoms with Gasteiger partial charge in [0.2, 0.25) is 5.91 Å². The molecule has 0 heterocycles. The Morgan fingerprint density at radius 2 is 1.95 bits per heavy atom. The minimum atomic E-state index is -1.32. The number of carbonyl (C=O) groups excluding carboxylic acids is 1. The normalized spacial score (nSPS) is 20.8. The van der Waals surface area contributed by atoms with Gasteiger partial charge >= 0.3 is 5.97 Å². The third-order valence-corrected chi connectivity index (χ3v) is 5.49. The molecular formula is C16H18ClNO4. The highest BCUT2D eigenvalue weighted by molar-refractivity contribution is 6.31. The van der Waals surface area contributed by atoms with Gasteiger partial charge in [-0.25, -0.2) is 0 Å². The molecule has 2 aliphatic rings. The predicted molar refractivity (Wildman–Crippen MR) is 80.6 cm³/mol. The van der Waals surface area contributed by atoms with E-state index < -0.39 is 17.3 Å². The third-order valence-electron chi connectivity index (χ3n) is 5.13. The minimum absolute atomic E-state index is 0.0127. The fraction of sp³-hybridized carbons (Fsp3) is 0.500. The van der Waals surface area contributed by atoms with Crippen LogP contribution < -0.4 is 5.32 Å². The molecule has 2 aliphatic carbocycles. The summed E-state index contributed by atoms with van der Waals surface area (Å²) in [7, 11) is 0. The lowest BCUT2D eigenvalue weighted by molar-refractivity contribution is -0.181. The number of halogens is 1. The lowest BCUT2D eigenvalue weighted by atomic mass is 9.45. The quantitative estimate of drug-likeness (QED) is 0.743. The standard InChI is InChI=1S/C16H18ClNO4/c17-11-3-1-4-12(19)10(11)7-18-13(20)16(14(21)22)8-15(9-16)5-2-6-15/h1,3-4,19H,2,5-9H2,(H,18,20)(H,21,22). The molecule has 0 aromatic heterocycles. The van der Waals surface area contributed by atoms with E-state index in [1.165, 1.54) is 6.07 Å². The average Bonchev–Trinajstić information content (AvgIpc) is 2.34. The highest BCUT2D eigenvalue weighted by Crippen LogP contribution is 2.64. The predicted octanol–water partition coefficient (Wildman–Crippen LogP) is 2.70. The van der Waals surface area contributed by atoms with Gasteiger partial charge in [-0.1, -0.05) is 24.1 Å². The molecule has 6 heteroatoms. The number of aromatic hydroxyl groups is 1. The number of hydrogen-bond acceptors (Lipinski definition) is 3. The van der Waals surface area contributed by atoms with E-state index >= 15 is 0 Å². The van der Waals surface area contributed by atoms with Gasteiger partial charge in [0, 0.05) is 17.1 Å². The number of phenols is 1. The van der Waals surface area contributed by atoms with E-state index in [1.54, 1.807) is 12.1 Å². The van der Waals surface area contributed by atoms with Crippen LogP contribution in [0.1, 0.15) is 37.7 Å². The molecule has 1 aromatic carbocycles. The number of nitrogens with one attached hydrogen (secondary N) is 1. The zero-order valence-corrected chi connectivity index (χ0v) is 12.8. The molecule has 0 saturated heterocycles. The molecule has 0 unspecified atom stereocenters. The molecular weight excluding hydrogens is 306 g/mol. The molecule has 3 N–H and O–H groups in total. The first kappa shape index (κ1) is 15.2. The van der Waals surface area contributed by atoms with Gasteiger partial charge in [-0.3, -0.25) is 9.59 Å². The topological polar surface area (TPSA) is 86.6 Å². The second-order valence-corrected chi connectivity index (χ2v) is 6.92. The van der Waals surface area contributed by atoms with Crippen LogP contribution in [0.4, 0.5) is 0 Å². The van der Waals surface area contributed by atoms with E-state index in [-0.39, 0.29) is 17.7 Å². The number of benzene rings is 1. The Morgan fingerprint density at radius 1 is 1.27 bits per heavy atom. The summed E-state index contributed by atoms with van der Waals surface area (Å²) < 4.78 is 0. The maximum atomic E-state index is 12.4. The van der Waals surface area contributed by atoms with Crippen LogP contribution >= 0.6 is 11.6 Å². The van der Waals surface area contributed by atoms with Crippen LogP contribution in [0.5, 0.6) is 5.75 Å². The number of carboxylic acids is 1. The lowest BCUT2D eigenvalue weighted by Gasteiger charge is -2.58. The molecule has 1 amide bonds. The lowest BCUT2D eigenvalue weighted by Crippen LogP contribution is -2.61. The molecule has 5 nitrogen and oxygen atoms in total. The van der Waals surface area contributed by atoms with Gasteiger partial charge in [-0.15, -0.1) is 0 Å². The van der Waals surface area contributed by atoms with Crippen molar-refractivity contribution in [2.24, 2.45) is 10.8 Å². The Bertz CT molecular complexity index is 611. The largest absolute Gasteiger partial charge is 0.508 e. The maximum absolute atomic E-state index is 12.4. The highest BCUT2D eigenvalue weighted by Gasteiger charge is 2.64. The van der Waals surface area contributed by atoms with E-state index in [9.17, 15) is 19.8 Å². The van der Waals surface area contributed by atoms with Crippen molar-refractivity contribution in [1.82, 2.24) is 5.32 Å². The van der Waals surface area contributed by atoms with Gasteiger partial charge < -0.3 is 15.5 Å². The first-order chi connectivity index (χ1) is 10.4. The summed E-state index contributed by atoms with van der Waals surface area (Å²) in [6.45, 7) is 0.0202. The van der Waals surface area contributed by atoms with Crippen LogP contribution in [-0.2, 0) is 16.1 Å². The molecule has 1 spiro atoms. The van der Waals surface area contributed by atoms with Crippen molar-refractivity contribution in [3.05, 3.63) is 28.8 Å². The van der Waals surface area contributed by atoms with E-state index in [4.69, 9.17) is 11.6 Å². The number of aliphatic carboxylic acids is 1. The molecule has 0 radical (unpaired) electrons. The summed E-state index contributed by atoms with van der Waals surface area (Å²) >= 11 is 5.99. The Kier molecular flexibility index (Phi) is 3.56. The van der Waals surface area contributed by atoms with Crippen LogP contribution in [0.2, 0.25) is 5.02 Å². The number of hydrogen-bond donors (Lipinski definition) is 3. The molecule has 3 rings (SSSR count). The summed E-state index contributed by atoms with van der Waals surface area (Å²) in [4.78, 5) is 24.0. The van der Waals surface area contributed by atoms with E-state index in [2.05, 4.69) is 5.32 Å². The van der Waals surface area contributed by atoms with Crippen LogP contribution in [0.3, 0.4) is 0 Å². The Morgan fingerprint density at radius 3 is 2.45 bits per heavy atom. The van der Waals surface area contributed by atoms with Crippen molar-refractivity contribution in [3.63, 3.8) is 0 Å². The van der Waals surface area contributed by atoms with E-state index in [0.29, 0.717) is 23.4 Å². The first-order valence-electron chi connectivity index (χ1n) is 7.37. The molecule has 0 bridgehead atoms. The Hall–Kier alpha value is -1.75. The SMILES string of the molecule is O=C(O)C1(C(=O)NCc2c(O)cccc2Cl)CC2(CCC2)C1. The van der Waals surface area contributed by atoms with Crippen LogP contribution in [-0.4, -0.2) is 22.1 Å². The van der Waals surface area contributed by atoms with Crippen LogP contribution in [0.25, 0.3) is 0 Å². The van der Waals surface area contributed by atoms with Crippen LogP contribution in [0.15, 0.2) is 18.2 Å². The fourth-order valence-corrected chi connectivity index (χ4v) is 3.96. The summed E-state index contributed by atoms with van der Waals surface area (Å²) in [6, 6.07) is 4.70. The fourth-order valence-electron chi connectivity index (χ4n) is 3.73. The van der Waals surface area contributed by atoms with Crippen molar-refractivity contribution in [1.29, 1.82) is 0 Å². The summed E-state index contributed by atoms with van der Waals surface area (Å²) in [6.07, 6.45) is 3.97. The number of amides is 1. The minimum Gasteiger partial charge on any atom is -0.508 e. The smallest absolute Gasteiger partial charge is 0.319 e. The Balaban J connectivity index is 1.69. The first-order valence-corrected chi connectivity index (χ1v) is 7.74. The van der Waals surface area contributed by atoms with Crippen molar-refractivity contribution >= 4 is 23.5 Å². The van der Waals surface area contributed by atoms with Gasteiger partial charge in [-0.2, -0.15) is 0 Å². The van der Waals surface area contributed by atoms with Gasteiger partial charge in [0.15, 0.2) is 0 Å². The van der Waals surface area contributed by atoms with E-state index in [0.717, 1.165) is 19.3 Å². The summed E-state index contributed by atoms with van der Waals surface area (Å²) in [5.41, 5.74) is -0.852. The van der Waals surface area contributed by atoms with Crippen LogP contribution in [0, 0.1) is 10.8 Å². The molecule has 2 saturated carbocycles. The van der Waals surface area contributed by atoms with Gasteiger partial charge in [0.1, 0.15) is 11.2 Å². The molecule has 22 heavy (non-hydrogen) atoms. The zero-order chi connectivity index (χ0) is 16.0. The zero-order valence-electron chi connectivity index (χ0n) is 12.1. The molecule has 2 fully saturated rings. The third kappa shape index (κ3) is 2.24. The molecule has 0 atom stereocenters. The summed E-state index contributed by atoms with van der Waals surface area (Å²) in [5, 5.41) is 22.2. The van der Waals surface area contributed by atoms with Gasteiger partial charge in [0.25, 0.3) is 0 Å². The van der Waals surface area contributed by atoms with E-state index in [1.807, 2.05) is 0 Å². The molecule has 118 valence electrons. The van der Waals surface area contributed by atoms with Crippen molar-refractivity contribution in [2.45, 2.75) is 38.6 Å². The Labute approximate surface area is 133 Å². The van der Waals surface area contributed by atoms with Gasteiger partial charge in [-0.05, 0) is 43.2 Å². The number of phenolic OH excluding ortho intramolecular Hbond substituents is 1. The number of rotatable bonds is 4. The van der Waals surface area contributed by atoms with Gasteiger partial charge in [0.05, 0.1) is 0 Å². The monoisotopic (exact) mass is 323 g/mol. The summed E-state index contributed by atoms with van der Waals surface area (Å²) in [5.74, 6) is -1.57. The van der Waals surface area contributed by atoms with Crippen molar-refractivity contribution < 1.29 is 19.8 Å². The maximum Gasteiger partial charge on any atom is 0.319 e. The van der Waals surface area contributed by atoms with Crippen molar-refractivity contribution in [3.8, 4) is 5.75 Å². The second kappa shape index (κ2) is 5.16. The molecule has 1 aromatic rings. The average molecular weight is 324 g/mol. The number of carboxylic acid groups (broad SMARTS) is 1. The highest BCUT2D eigenvalue weighted by atomic mass is 35.5.